The quantitative estimate of drug-likeness (QED) is 0.909. The fourth-order valence-corrected chi connectivity index (χ4v) is 2.54. The summed E-state index contributed by atoms with van der Waals surface area (Å²) in [6.45, 7) is 2.70. The van der Waals surface area contributed by atoms with Crippen LogP contribution in [-0.2, 0) is 11.2 Å². The number of benzene rings is 1. The van der Waals surface area contributed by atoms with Crippen LogP contribution in [0.15, 0.2) is 18.2 Å². The monoisotopic (exact) mass is 273 g/mol. The minimum absolute atomic E-state index is 0.592. The zero-order valence-corrected chi connectivity index (χ0v) is 11.2. The Morgan fingerprint density at radius 3 is 2.71 bits per heavy atom. The molecule has 0 aromatic heterocycles. The number of ether oxygens (including phenoxy) is 1. The van der Waals surface area contributed by atoms with Gasteiger partial charge in [-0.1, -0.05) is 29.3 Å². The Morgan fingerprint density at radius 1 is 1.24 bits per heavy atom. The highest BCUT2D eigenvalue weighted by atomic mass is 35.5. The summed E-state index contributed by atoms with van der Waals surface area (Å²) in [6, 6.07) is 6.27. The van der Waals surface area contributed by atoms with Crippen molar-refractivity contribution in [1.82, 2.24) is 5.32 Å². The average molecular weight is 274 g/mol. The van der Waals surface area contributed by atoms with E-state index in [0.717, 1.165) is 49.6 Å². The molecule has 1 aromatic carbocycles. The van der Waals surface area contributed by atoms with Crippen LogP contribution in [0, 0.1) is 0 Å². The van der Waals surface area contributed by atoms with E-state index in [9.17, 15) is 0 Å². The highest BCUT2D eigenvalue weighted by Crippen LogP contribution is 2.21. The smallest absolute Gasteiger partial charge is 0.0480 e. The summed E-state index contributed by atoms with van der Waals surface area (Å²) in [6.07, 6.45) is 3.15. The predicted molar refractivity (Wildman–Crippen MR) is 72.0 cm³/mol. The molecule has 2 rings (SSSR count). The van der Waals surface area contributed by atoms with Gasteiger partial charge >= 0.3 is 0 Å². The minimum Gasteiger partial charge on any atom is -0.381 e. The van der Waals surface area contributed by atoms with Gasteiger partial charge in [-0.05, 0) is 43.5 Å². The van der Waals surface area contributed by atoms with Crippen LogP contribution in [0.1, 0.15) is 18.4 Å². The van der Waals surface area contributed by atoms with Gasteiger partial charge in [0.05, 0.1) is 0 Å². The van der Waals surface area contributed by atoms with Crippen molar-refractivity contribution in [2.45, 2.75) is 25.3 Å². The molecule has 1 heterocycles. The summed E-state index contributed by atoms with van der Waals surface area (Å²) in [5, 5.41) is 4.99. The standard InChI is InChI=1S/C13H17Cl2NO/c14-11-2-1-10(13(15)9-11)3-6-16-12-4-7-17-8-5-12/h1-2,9,12,16H,3-8H2. The van der Waals surface area contributed by atoms with E-state index in [2.05, 4.69) is 5.32 Å². The minimum atomic E-state index is 0.592. The van der Waals surface area contributed by atoms with Crippen molar-refractivity contribution in [2.75, 3.05) is 19.8 Å². The molecule has 1 aliphatic heterocycles. The van der Waals surface area contributed by atoms with Crippen LogP contribution in [-0.4, -0.2) is 25.8 Å². The molecule has 1 aliphatic rings. The fraction of sp³-hybridized carbons (Fsp3) is 0.538. The first-order chi connectivity index (χ1) is 8.25. The zero-order valence-electron chi connectivity index (χ0n) is 9.72. The fourth-order valence-electron chi connectivity index (χ4n) is 2.04. The second-order valence-electron chi connectivity index (χ2n) is 4.33. The van der Waals surface area contributed by atoms with E-state index in [-0.39, 0.29) is 0 Å². The number of hydrogen-bond donors (Lipinski definition) is 1. The van der Waals surface area contributed by atoms with Gasteiger partial charge in [0.1, 0.15) is 0 Å². The van der Waals surface area contributed by atoms with Crippen LogP contribution in [0.4, 0.5) is 0 Å². The summed E-state index contributed by atoms with van der Waals surface area (Å²) < 4.78 is 5.32. The Bertz CT molecular complexity index is 364. The summed E-state index contributed by atoms with van der Waals surface area (Å²) in [7, 11) is 0. The topological polar surface area (TPSA) is 21.3 Å². The summed E-state index contributed by atoms with van der Waals surface area (Å²) in [4.78, 5) is 0. The molecule has 94 valence electrons. The molecule has 1 fully saturated rings. The summed E-state index contributed by atoms with van der Waals surface area (Å²) >= 11 is 12.0. The van der Waals surface area contributed by atoms with Crippen LogP contribution < -0.4 is 5.32 Å². The third-order valence-electron chi connectivity index (χ3n) is 3.06. The number of halogens is 2. The van der Waals surface area contributed by atoms with Gasteiger partial charge < -0.3 is 10.1 Å². The lowest BCUT2D eigenvalue weighted by Gasteiger charge is -2.23. The maximum Gasteiger partial charge on any atom is 0.0480 e. The van der Waals surface area contributed by atoms with Crippen molar-refractivity contribution in [3.05, 3.63) is 33.8 Å². The lowest BCUT2D eigenvalue weighted by molar-refractivity contribution is 0.0782. The molecular formula is C13H17Cl2NO. The van der Waals surface area contributed by atoms with Gasteiger partial charge in [0, 0.05) is 29.3 Å². The van der Waals surface area contributed by atoms with Crippen molar-refractivity contribution in [3.63, 3.8) is 0 Å². The molecule has 4 heteroatoms. The molecule has 0 spiro atoms. The van der Waals surface area contributed by atoms with Crippen molar-refractivity contribution < 1.29 is 4.74 Å². The third-order valence-corrected chi connectivity index (χ3v) is 3.65. The molecule has 0 unspecified atom stereocenters. The van der Waals surface area contributed by atoms with Crippen LogP contribution in [0.5, 0.6) is 0 Å². The Hall–Kier alpha value is -0.280. The van der Waals surface area contributed by atoms with Crippen LogP contribution >= 0.6 is 23.2 Å². The first-order valence-corrected chi connectivity index (χ1v) is 6.76. The summed E-state index contributed by atoms with van der Waals surface area (Å²) in [5.74, 6) is 0. The maximum absolute atomic E-state index is 6.12. The average Bonchev–Trinajstić information content (AvgIpc) is 2.33. The van der Waals surface area contributed by atoms with E-state index in [4.69, 9.17) is 27.9 Å². The molecule has 0 radical (unpaired) electrons. The first kappa shape index (κ1) is 13.2. The van der Waals surface area contributed by atoms with Crippen molar-refractivity contribution in [2.24, 2.45) is 0 Å². The van der Waals surface area contributed by atoms with Crippen molar-refractivity contribution in [1.29, 1.82) is 0 Å². The predicted octanol–water partition coefficient (Wildman–Crippen LogP) is 3.30. The van der Waals surface area contributed by atoms with E-state index in [0.29, 0.717) is 11.1 Å². The van der Waals surface area contributed by atoms with Gasteiger partial charge in [0.25, 0.3) is 0 Å². The van der Waals surface area contributed by atoms with Gasteiger partial charge in [-0.15, -0.1) is 0 Å². The second kappa shape index (κ2) is 6.60. The van der Waals surface area contributed by atoms with Crippen LogP contribution in [0.25, 0.3) is 0 Å². The highest BCUT2D eigenvalue weighted by molar-refractivity contribution is 6.35. The van der Waals surface area contributed by atoms with Crippen LogP contribution in [0.2, 0.25) is 10.0 Å². The molecule has 1 saturated heterocycles. The van der Waals surface area contributed by atoms with Crippen molar-refractivity contribution in [3.8, 4) is 0 Å². The Balaban J connectivity index is 1.77. The molecule has 0 amide bonds. The maximum atomic E-state index is 6.12. The van der Waals surface area contributed by atoms with E-state index in [1.54, 1.807) is 6.07 Å². The van der Waals surface area contributed by atoms with E-state index < -0.39 is 0 Å². The molecule has 0 atom stereocenters. The Kier molecular flexibility index (Phi) is 5.11. The van der Waals surface area contributed by atoms with E-state index >= 15 is 0 Å². The molecular weight excluding hydrogens is 257 g/mol. The highest BCUT2D eigenvalue weighted by Gasteiger charge is 2.12. The largest absolute Gasteiger partial charge is 0.381 e. The first-order valence-electron chi connectivity index (χ1n) is 6.01. The van der Waals surface area contributed by atoms with E-state index in [1.165, 1.54) is 0 Å². The molecule has 0 aliphatic carbocycles. The number of hydrogen-bond acceptors (Lipinski definition) is 2. The van der Waals surface area contributed by atoms with Crippen molar-refractivity contribution >= 4 is 23.2 Å². The summed E-state index contributed by atoms with van der Waals surface area (Å²) in [5.41, 5.74) is 1.15. The lowest BCUT2D eigenvalue weighted by atomic mass is 10.1. The molecule has 0 saturated carbocycles. The van der Waals surface area contributed by atoms with Crippen LogP contribution in [0.3, 0.4) is 0 Å². The SMILES string of the molecule is Clc1ccc(CCNC2CCOCC2)c(Cl)c1. The van der Waals surface area contributed by atoms with Gasteiger partial charge in [0.15, 0.2) is 0 Å². The molecule has 0 bridgehead atoms. The van der Waals surface area contributed by atoms with Gasteiger partial charge in [-0.25, -0.2) is 0 Å². The Labute approximate surface area is 112 Å². The van der Waals surface area contributed by atoms with Gasteiger partial charge in [-0.3, -0.25) is 0 Å². The number of nitrogens with one attached hydrogen (secondary N) is 1. The molecule has 2 nitrogen and oxygen atoms in total. The second-order valence-corrected chi connectivity index (χ2v) is 5.17. The number of rotatable bonds is 4. The molecule has 1 aromatic rings. The third kappa shape index (κ3) is 4.14. The lowest BCUT2D eigenvalue weighted by Crippen LogP contribution is -2.35. The molecule has 1 N–H and O–H groups in total. The van der Waals surface area contributed by atoms with Gasteiger partial charge in [-0.2, -0.15) is 0 Å². The zero-order chi connectivity index (χ0) is 12.1. The van der Waals surface area contributed by atoms with Gasteiger partial charge in [0.2, 0.25) is 0 Å². The Morgan fingerprint density at radius 2 is 2.00 bits per heavy atom. The van der Waals surface area contributed by atoms with E-state index in [1.807, 2.05) is 12.1 Å². The normalized spacial score (nSPS) is 17.3. The molecule has 17 heavy (non-hydrogen) atoms.